The van der Waals surface area contributed by atoms with Crippen molar-refractivity contribution in [2.45, 2.75) is 24.7 Å². The average molecular weight is 411 g/mol. The molecule has 2 rings (SSSR count). The van der Waals surface area contributed by atoms with Crippen molar-refractivity contribution in [1.82, 2.24) is 10.0 Å². The molecule has 27 heavy (non-hydrogen) atoms. The van der Waals surface area contributed by atoms with Crippen LogP contribution < -0.4 is 14.8 Å². The predicted octanol–water partition coefficient (Wildman–Crippen LogP) is 2.68. The summed E-state index contributed by atoms with van der Waals surface area (Å²) in [6.45, 7) is 2.45. The fourth-order valence-corrected chi connectivity index (χ4v) is 3.88. The largest absolute Gasteiger partial charge is 0.496 e. The number of amides is 1. The minimum absolute atomic E-state index is 0.00838. The van der Waals surface area contributed by atoms with Crippen LogP contribution in [0.1, 0.15) is 17.5 Å². The second kappa shape index (κ2) is 9.73. The van der Waals surface area contributed by atoms with Crippen LogP contribution in [-0.4, -0.2) is 34.5 Å². The van der Waals surface area contributed by atoms with Crippen LogP contribution >= 0.6 is 11.6 Å². The van der Waals surface area contributed by atoms with Gasteiger partial charge in [-0.2, -0.15) is 0 Å². The van der Waals surface area contributed by atoms with E-state index in [9.17, 15) is 13.2 Å². The van der Waals surface area contributed by atoms with Crippen LogP contribution in [0.5, 0.6) is 5.75 Å². The van der Waals surface area contributed by atoms with Gasteiger partial charge in [-0.25, -0.2) is 13.1 Å². The lowest BCUT2D eigenvalue weighted by atomic mass is 10.1. The molecule has 0 aliphatic carbocycles. The Hall–Kier alpha value is -2.09. The van der Waals surface area contributed by atoms with Gasteiger partial charge in [0.2, 0.25) is 15.9 Å². The van der Waals surface area contributed by atoms with E-state index in [4.69, 9.17) is 16.3 Å². The molecule has 146 valence electrons. The number of ether oxygens (including phenoxy) is 1. The van der Waals surface area contributed by atoms with Crippen LogP contribution in [0.4, 0.5) is 0 Å². The zero-order valence-corrected chi connectivity index (χ0v) is 16.9. The van der Waals surface area contributed by atoms with E-state index in [2.05, 4.69) is 10.0 Å². The van der Waals surface area contributed by atoms with Gasteiger partial charge in [0, 0.05) is 24.5 Å². The molecule has 0 aliphatic rings. The van der Waals surface area contributed by atoms with Gasteiger partial charge >= 0.3 is 0 Å². The minimum Gasteiger partial charge on any atom is -0.496 e. The van der Waals surface area contributed by atoms with Crippen molar-refractivity contribution < 1.29 is 17.9 Å². The third-order valence-corrected chi connectivity index (χ3v) is 5.60. The molecule has 6 nitrogen and oxygen atoms in total. The third-order valence-electron chi connectivity index (χ3n) is 3.90. The van der Waals surface area contributed by atoms with E-state index in [-0.39, 0.29) is 23.8 Å². The molecule has 0 saturated heterocycles. The highest BCUT2D eigenvalue weighted by Crippen LogP contribution is 2.19. The zero-order valence-electron chi connectivity index (χ0n) is 15.3. The van der Waals surface area contributed by atoms with Gasteiger partial charge < -0.3 is 10.1 Å². The number of nitrogens with one attached hydrogen (secondary N) is 2. The van der Waals surface area contributed by atoms with Crippen LogP contribution in [-0.2, 0) is 21.2 Å². The molecule has 0 radical (unpaired) electrons. The number of methoxy groups -OCH3 is 1. The fourth-order valence-electron chi connectivity index (χ4n) is 2.54. The summed E-state index contributed by atoms with van der Waals surface area (Å²) < 4.78 is 32.0. The first-order valence-electron chi connectivity index (χ1n) is 8.47. The van der Waals surface area contributed by atoms with E-state index < -0.39 is 10.0 Å². The monoisotopic (exact) mass is 410 g/mol. The number of sulfonamides is 1. The van der Waals surface area contributed by atoms with Crippen LogP contribution in [0.3, 0.4) is 0 Å². The number of carbonyl (C=O) groups excluding carboxylic acids is 1. The van der Waals surface area contributed by atoms with E-state index in [1.54, 1.807) is 19.2 Å². The van der Waals surface area contributed by atoms with Crippen molar-refractivity contribution in [2.24, 2.45) is 0 Å². The molecule has 8 heteroatoms. The summed E-state index contributed by atoms with van der Waals surface area (Å²) in [6.07, 6.45) is 0.676. The maximum atomic E-state index is 12.2. The molecule has 2 aromatic rings. The van der Waals surface area contributed by atoms with Gasteiger partial charge in [-0.1, -0.05) is 35.4 Å². The lowest BCUT2D eigenvalue weighted by molar-refractivity contribution is -0.120. The molecule has 0 heterocycles. The highest BCUT2D eigenvalue weighted by molar-refractivity contribution is 7.89. The maximum Gasteiger partial charge on any atom is 0.240 e. The first kappa shape index (κ1) is 21.2. The molecule has 0 spiro atoms. The van der Waals surface area contributed by atoms with Crippen LogP contribution in [0.2, 0.25) is 5.02 Å². The normalized spacial score (nSPS) is 11.2. The van der Waals surface area contributed by atoms with Gasteiger partial charge in [0.1, 0.15) is 5.75 Å². The standard InChI is InChI=1S/C19H23ClN2O4S/c1-14-6-7-18(26-2)15(12-14)8-10-21-19(23)9-11-22-27(24,25)17-5-3-4-16(20)13-17/h3-7,12-13,22H,8-11H2,1-2H3,(H,21,23). The quantitative estimate of drug-likeness (QED) is 0.665. The molecule has 0 saturated carbocycles. The molecule has 2 aromatic carbocycles. The molecule has 0 unspecified atom stereocenters. The third kappa shape index (κ3) is 6.53. The van der Waals surface area contributed by atoms with Gasteiger partial charge in [-0.05, 0) is 43.2 Å². The van der Waals surface area contributed by atoms with Gasteiger partial charge in [0.15, 0.2) is 0 Å². The molecule has 2 N–H and O–H groups in total. The predicted molar refractivity (Wildman–Crippen MR) is 106 cm³/mol. The summed E-state index contributed by atoms with van der Waals surface area (Å²) in [5.41, 5.74) is 2.13. The SMILES string of the molecule is COc1ccc(C)cc1CCNC(=O)CCNS(=O)(=O)c1cccc(Cl)c1. The summed E-state index contributed by atoms with van der Waals surface area (Å²) in [5.74, 6) is 0.555. The second-order valence-electron chi connectivity index (χ2n) is 6.02. The van der Waals surface area contributed by atoms with Crippen molar-refractivity contribution in [3.05, 3.63) is 58.6 Å². The Kier molecular flexibility index (Phi) is 7.65. The Labute approximate surface area is 164 Å². The first-order chi connectivity index (χ1) is 12.8. The highest BCUT2D eigenvalue weighted by Gasteiger charge is 2.14. The Morgan fingerprint density at radius 3 is 2.63 bits per heavy atom. The van der Waals surface area contributed by atoms with Crippen LogP contribution in [0.25, 0.3) is 0 Å². The lowest BCUT2D eigenvalue weighted by Crippen LogP contribution is -2.31. The number of benzene rings is 2. The summed E-state index contributed by atoms with van der Waals surface area (Å²) in [5, 5.41) is 3.12. The molecule has 1 amide bonds. The smallest absolute Gasteiger partial charge is 0.240 e. The van der Waals surface area contributed by atoms with Crippen molar-refractivity contribution >= 4 is 27.5 Å². The van der Waals surface area contributed by atoms with Gasteiger partial charge in [0.25, 0.3) is 0 Å². The van der Waals surface area contributed by atoms with Gasteiger partial charge in [0.05, 0.1) is 12.0 Å². The molecule has 0 aliphatic heterocycles. The van der Waals surface area contributed by atoms with Crippen LogP contribution in [0.15, 0.2) is 47.4 Å². The van der Waals surface area contributed by atoms with Gasteiger partial charge in [-0.3, -0.25) is 4.79 Å². The van der Waals surface area contributed by atoms with Crippen molar-refractivity contribution in [2.75, 3.05) is 20.2 Å². The number of rotatable bonds is 9. The molecular weight excluding hydrogens is 388 g/mol. The van der Waals surface area contributed by atoms with E-state index in [0.717, 1.165) is 16.9 Å². The van der Waals surface area contributed by atoms with E-state index in [0.29, 0.717) is 18.0 Å². The molecular formula is C19H23ClN2O4S. The summed E-state index contributed by atoms with van der Waals surface area (Å²) in [4.78, 5) is 12.0. The van der Waals surface area contributed by atoms with Crippen molar-refractivity contribution in [3.63, 3.8) is 0 Å². The van der Waals surface area contributed by atoms with Gasteiger partial charge in [-0.15, -0.1) is 0 Å². The Bertz CT molecular complexity index is 900. The van der Waals surface area contributed by atoms with Crippen LogP contribution in [0, 0.1) is 6.92 Å². The number of aryl methyl sites for hydroxylation is 1. The topological polar surface area (TPSA) is 84.5 Å². The Balaban J connectivity index is 1.78. The number of carbonyl (C=O) groups is 1. The summed E-state index contributed by atoms with van der Waals surface area (Å²) >= 11 is 5.81. The zero-order chi connectivity index (χ0) is 19.9. The number of hydrogen-bond acceptors (Lipinski definition) is 4. The lowest BCUT2D eigenvalue weighted by Gasteiger charge is -2.11. The average Bonchev–Trinajstić information content (AvgIpc) is 2.62. The van der Waals surface area contributed by atoms with Crippen molar-refractivity contribution in [1.29, 1.82) is 0 Å². The highest BCUT2D eigenvalue weighted by atomic mass is 35.5. The Morgan fingerprint density at radius 1 is 1.15 bits per heavy atom. The minimum atomic E-state index is -3.69. The molecule has 0 aromatic heterocycles. The first-order valence-corrected chi connectivity index (χ1v) is 10.3. The van der Waals surface area contributed by atoms with E-state index in [1.807, 2.05) is 25.1 Å². The van der Waals surface area contributed by atoms with Crippen molar-refractivity contribution in [3.8, 4) is 5.75 Å². The van der Waals surface area contributed by atoms with E-state index >= 15 is 0 Å². The summed E-state index contributed by atoms with van der Waals surface area (Å²) in [7, 11) is -2.08. The maximum absolute atomic E-state index is 12.2. The summed E-state index contributed by atoms with van der Waals surface area (Å²) in [6, 6.07) is 11.8. The van der Waals surface area contributed by atoms with E-state index in [1.165, 1.54) is 12.1 Å². The second-order valence-corrected chi connectivity index (χ2v) is 8.22. The Morgan fingerprint density at radius 2 is 1.93 bits per heavy atom. The molecule has 0 fully saturated rings. The number of halogens is 1. The number of hydrogen-bond donors (Lipinski definition) is 2. The molecule has 0 bridgehead atoms. The fraction of sp³-hybridized carbons (Fsp3) is 0.316. The molecule has 0 atom stereocenters.